The first-order valence-corrected chi connectivity index (χ1v) is 6.72. The maximum Gasteiger partial charge on any atom is 0.401 e. The van der Waals surface area contributed by atoms with E-state index in [-0.39, 0.29) is 18.3 Å². The smallest absolute Gasteiger partial charge is 0.347 e. The molecule has 8 heteroatoms. The van der Waals surface area contributed by atoms with Crippen LogP contribution in [0.25, 0.3) is 0 Å². The van der Waals surface area contributed by atoms with Gasteiger partial charge in [-0.1, -0.05) is 0 Å². The summed E-state index contributed by atoms with van der Waals surface area (Å²) < 4.78 is 37.2. The van der Waals surface area contributed by atoms with Crippen molar-refractivity contribution in [1.29, 1.82) is 0 Å². The van der Waals surface area contributed by atoms with E-state index in [1.54, 1.807) is 6.92 Å². The van der Waals surface area contributed by atoms with E-state index >= 15 is 0 Å². The van der Waals surface area contributed by atoms with Crippen molar-refractivity contribution in [3.63, 3.8) is 0 Å². The fourth-order valence-corrected chi connectivity index (χ4v) is 2.34. The number of carbonyl (C=O) groups excluding carboxylic acids is 1. The van der Waals surface area contributed by atoms with Gasteiger partial charge in [-0.2, -0.15) is 13.2 Å². The van der Waals surface area contributed by atoms with Crippen LogP contribution in [0.2, 0.25) is 0 Å². The zero-order chi connectivity index (χ0) is 15.5. The number of hydrogen-bond donors (Lipinski definition) is 1. The number of rotatable bonds is 3. The molecule has 1 aliphatic heterocycles. The van der Waals surface area contributed by atoms with Crippen LogP contribution in [0.5, 0.6) is 0 Å². The third-order valence-corrected chi connectivity index (χ3v) is 3.26. The predicted molar refractivity (Wildman–Crippen MR) is 69.8 cm³/mol. The number of nitrogens with one attached hydrogen (secondary N) is 1. The maximum absolute atomic E-state index is 12.4. The van der Waals surface area contributed by atoms with Crippen molar-refractivity contribution in [3.05, 3.63) is 23.8 Å². The highest BCUT2D eigenvalue weighted by atomic mass is 19.4. The number of piperidine rings is 1. The van der Waals surface area contributed by atoms with Gasteiger partial charge in [-0.3, -0.25) is 14.7 Å². The van der Waals surface area contributed by atoms with Crippen LogP contribution in [0.15, 0.2) is 12.4 Å². The first-order chi connectivity index (χ1) is 9.83. The number of aromatic nitrogens is 2. The SMILES string of the molecule is Cc1cnc(C(=O)NC2CCCN(CC(F)(F)F)C2)cn1. The Bertz CT molecular complexity index is 489. The number of hydrogen-bond acceptors (Lipinski definition) is 4. The molecule has 1 N–H and O–H groups in total. The Labute approximate surface area is 120 Å². The van der Waals surface area contributed by atoms with E-state index in [9.17, 15) is 18.0 Å². The first-order valence-electron chi connectivity index (χ1n) is 6.72. The van der Waals surface area contributed by atoms with Crippen molar-refractivity contribution in [2.75, 3.05) is 19.6 Å². The second-order valence-electron chi connectivity index (χ2n) is 5.21. The zero-order valence-electron chi connectivity index (χ0n) is 11.7. The third-order valence-electron chi connectivity index (χ3n) is 3.26. The summed E-state index contributed by atoms with van der Waals surface area (Å²) in [5, 5.41) is 2.72. The molecule has 0 aliphatic carbocycles. The summed E-state index contributed by atoms with van der Waals surface area (Å²) in [5.74, 6) is -0.402. The minimum absolute atomic E-state index is 0.175. The van der Waals surface area contributed by atoms with Gasteiger partial charge in [-0.05, 0) is 26.3 Å². The lowest BCUT2D eigenvalue weighted by Gasteiger charge is -2.33. The molecule has 2 heterocycles. The molecule has 0 aromatic carbocycles. The average molecular weight is 302 g/mol. The Kier molecular flexibility index (Phi) is 4.76. The normalized spacial score (nSPS) is 20.3. The molecular weight excluding hydrogens is 285 g/mol. The first kappa shape index (κ1) is 15.7. The van der Waals surface area contributed by atoms with Crippen molar-refractivity contribution in [2.45, 2.75) is 32.0 Å². The molecule has 1 unspecified atom stereocenters. The number of amides is 1. The van der Waals surface area contributed by atoms with Crippen LogP contribution in [-0.2, 0) is 0 Å². The second kappa shape index (κ2) is 6.38. The molecule has 0 radical (unpaired) electrons. The minimum Gasteiger partial charge on any atom is -0.347 e. The van der Waals surface area contributed by atoms with Crippen LogP contribution in [0, 0.1) is 6.92 Å². The van der Waals surface area contributed by atoms with Crippen LogP contribution in [0.4, 0.5) is 13.2 Å². The summed E-state index contributed by atoms with van der Waals surface area (Å²) in [5.41, 5.74) is 0.870. The van der Waals surface area contributed by atoms with Crippen molar-refractivity contribution < 1.29 is 18.0 Å². The van der Waals surface area contributed by atoms with Crippen molar-refractivity contribution >= 4 is 5.91 Å². The maximum atomic E-state index is 12.4. The summed E-state index contributed by atoms with van der Waals surface area (Å²) in [4.78, 5) is 21.2. The molecule has 0 spiro atoms. The number of likely N-dealkylation sites (tertiary alicyclic amines) is 1. The van der Waals surface area contributed by atoms with Gasteiger partial charge in [0, 0.05) is 18.8 Å². The Hall–Kier alpha value is -1.70. The average Bonchev–Trinajstić information content (AvgIpc) is 2.37. The molecule has 5 nitrogen and oxygen atoms in total. The van der Waals surface area contributed by atoms with E-state index in [4.69, 9.17) is 0 Å². The fourth-order valence-electron chi connectivity index (χ4n) is 2.34. The number of aryl methyl sites for hydroxylation is 1. The van der Waals surface area contributed by atoms with Crippen LogP contribution < -0.4 is 5.32 Å². The summed E-state index contributed by atoms with van der Waals surface area (Å²) in [6.45, 7) is 1.41. The molecule has 116 valence electrons. The van der Waals surface area contributed by atoms with Gasteiger partial charge >= 0.3 is 6.18 Å². The number of halogens is 3. The van der Waals surface area contributed by atoms with Gasteiger partial charge in [0.05, 0.1) is 18.4 Å². The van der Waals surface area contributed by atoms with E-state index in [2.05, 4.69) is 15.3 Å². The monoisotopic (exact) mass is 302 g/mol. The minimum atomic E-state index is -4.21. The largest absolute Gasteiger partial charge is 0.401 e. The quantitative estimate of drug-likeness (QED) is 0.920. The lowest BCUT2D eigenvalue weighted by molar-refractivity contribution is -0.148. The standard InChI is InChI=1S/C13H17F3N4O/c1-9-5-18-11(6-17-9)12(21)19-10-3-2-4-20(7-10)8-13(14,15)16/h5-6,10H,2-4,7-8H2,1H3,(H,19,21). The van der Waals surface area contributed by atoms with Gasteiger partial charge in [0.15, 0.2) is 0 Å². The third kappa shape index (κ3) is 4.96. The summed E-state index contributed by atoms with van der Waals surface area (Å²) >= 11 is 0. The Morgan fingerprint density at radius 3 is 2.81 bits per heavy atom. The van der Waals surface area contributed by atoms with Crippen molar-refractivity contribution in [3.8, 4) is 0 Å². The van der Waals surface area contributed by atoms with E-state index in [0.717, 1.165) is 0 Å². The highest BCUT2D eigenvalue weighted by Crippen LogP contribution is 2.19. The molecule has 1 fully saturated rings. The number of alkyl halides is 3. The summed E-state index contributed by atoms with van der Waals surface area (Å²) in [6, 6.07) is -0.295. The Morgan fingerprint density at radius 2 is 2.19 bits per heavy atom. The molecule has 1 amide bonds. The predicted octanol–water partition coefficient (Wildman–Crippen LogP) is 1.54. The topological polar surface area (TPSA) is 58.1 Å². The molecule has 1 aromatic rings. The highest BCUT2D eigenvalue weighted by molar-refractivity contribution is 5.92. The molecule has 1 aliphatic rings. The molecular formula is C13H17F3N4O. The molecule has 0 bridgehead atoms. The molecule has 1 atom stereocenters. The van der Waals surface area contributed by atoms with E-state index in [1.165, 1.54) is 17.3 Å². The Morgan fingerprint density at radius 1 is 1.43 bits per heavy atom. The van der Waals surface area contributed by atoms with Gasteiger partial charge in [-0.25, -0.2) is 4.98 Å². The molecule has 2 rings (SSSR count). The lowest BCUT2D eigenvalue weighted by atomic mass is 10.1. The Balaban J connectivity index is 1.90. The molecule has 1 aromatic heterocycles. The van der Waals surface area contributed by atoms with E-state index in [0.29, 0.717) is 25.1 Å². The van der Waals surface area contributed by atoms with Crippen molar-refractivity contribution in [1.82, 2.24) is 20.2 Å². The lowest BCUT2D eigenvalue weighted by Crippen LogP contribution is -2.50. The molecule has 0 saturated carbocycles. The molecule has 21 heavy (non-hydrogen) atoms. The van der Waals surface area contributed by atoms with Gasteiger partial charge < -0.3 is 5.32 Å². The van der Waals surface area contributed by atoms with Crippen molar-refractivity contribution in [2.24, 2.45) is 0 Å². The van der Waals surface area contributed by atoms with Gasteiger partial charge in [0.2, 0.25) is 0 Å². The highest BCUT2D eigenvalue weighted by Gasteiger charge is 2.33. The fraction of sp³-hybridized carbons (Fsp3) is 0.615. The summed E-state index contributed by atoms with van der Waals surface area (Å²) in [6.07, 6.45) is -0.0823. The van der Waals surface area contributed by atoms with Crippen LogP contribution >= 0.6 is 0 Å². The molecule has 1 saturated heterocycles. The van der Waals surface area contributed by atoms with Crippen LogP contribution in [-0.4, -0.2) is 52.6 Å². The van der Waals surface area contributed by atoms with Gasteiger partial charge in [-0.15, -0.1) is 0 Å². The second-order valence-corrected chi connectivity index (χ2v) is 5.21. The number of carbonyl (C=O) groups is 1. The van der Waals surface area contributed by atoms with E-state index in [1.807, 2.05) is 0 Å². The van der Waals surface area contributed by atoms with Crippen LogP contribution in [0.3, 0.4) is 0 Å². The zero-order valence-corrected chi connectivity index (χ0v) is 11.7. The van der Waals surface area contributed by atoms with Gasteiger partial charge in [0.1, 0.15) is 5.69 Å². The van der Waals surface area contributed by atoms with Gasteiger partial charge in [0.25, 0.3) is 5.91 Å². The van der Waals surface area contributed by atoms with Crippen LogP contribution in [0.1, 0.15) is 29.0 Å². The summed E-state index contributed by atoms with van der Waals surface area (Å²) in [7, 11) is 0. The van der Waals surface area contributed by atoms with E-state index < -0.39 is 18.6 Å². The number of nitrogens with zero attached hydrogens (tertiary/aromatic N) is 3.